The molecule has 2 aromatic heterocycles. The Labute approximate surface area is 172 Å². The van der Waals surface area contributed by atoms with Crippen molar-refractivity contribution in [1.29, 1.82) is 0 Å². The normalized spacial score (nSPS) is 11.6. The minimum atomic E-state index is -0.931. The lowest BCUT2D eigenvalue weighted by atomic mass is 10.1. The van der Waals surface area contributed by atoms with E-state index in [1.54, 1.807) is 4.57 Å². The molecule has 0 fully saturated rings. The topological polar surface area (TPSA) is 69.2 Å². The fraction of sp³-hybridized carbons (Fsp3) is 0.273. The predicted molar refractivity (Wildman–Crippen MR) is 115 cm³/mol. The van der Waals surface area contributed by atoms with Gasteiger partial charge in [0.15, 0.2) is 0 Å². The maximum atomic E-state index is 13.2. The third kappa shape index (κ3) is 3.13. The van der Waals surface area contributed by atoms with E-state index in [2.05, 4.69) is 18.4 Å². The highest BCUT2D eigenvalue weighted by atomic mass is 35.5. The number of aliphatic carboxylic acids is 1. The molecular weight excluding hydrogens is 390 g/mol. The van der Waals surface area contributed by atoms with Crippen LogP contribution in [0.1, 0.15) is 23.2 Å². The van der Waals surface area contributed by atoms with Gasteiger partial charge in [0, 0.05) is 29.7 Å². The first-order valence-corrected chi connectivity index (χ1v) is 9.81. The van der Waals surface area contributed by atoms with E-state index >= 15 is 0 Å². The van der Waals surface area contributed by atoms with Gasteiger partial charge >= 0.3 is 11.7 Å². The van der Waals surface area contributed by atoms with Crippen LogP contribution in [0.4, 0.5) is 0 Å². The number of para-hydroxylation sites is 2. The fourth-order valence-corrected chi connectivity index (χ4v) is 4.33. The molecule has 0 saturated heterocycles. The lowest BCUT2D eigenvalue weighted by Gasteiger charge is -2.09. The van der Waals surface area contributed by atoms with Crippen LogP contribution in [0.25, 0.3) is 21.9 Å². The second-order valence-corrected chi connectivity index (χ2v) is 7.82. The van der Waals surface area contributed by atoms with Crippen LogP contribution in [0, 0.1) is 13.8 Å². The Hall–Kier alpha value is -2.99. The summed E-state index contributed by atoms with van der Waals surface area (Å²) in [5.74, 6) is -0.931. The van der Waals surface area contributed by atoms with E-state index in [9.17, 15) is 9.59 Å². The van der Waals surface area contributed by atoms with Gasteiger partial charge in [-0.2, -0.15) is 0 Å². The highest BCUT2D eigenvalue weighted by Gasteiger charge is 2.18. The molecule has 2 heterocycles. The molecule has 2 aromatic carbocycles. The Bertz CT molecular complexity index is 1330. The summed E-state index contributed by atoms with van der Waals surface area (Å²) in [7, 11) is 2.01. The summed E-state index contributed by atoms with van der Waals surface area (Å²) in [6.45, 7) is 4.63. The van der Waals surface area contributed by atoms with E-state index < -0.39 is 5.97 Å². The van der Waals surface area contributed by atoms with Crippen molar-refractivity contribution in [3.63, 3.8) is 0 Å². The van der Waals surface area contributed by atoms with Gasteiger partial charge < -0.3 is 9.67 Å². The standard InChI is InChI=1S/C22H22ClN3O3/c1-13-14(2)24(3)21-15(10-16(23)11-17(13)21)12-26-19-7-5-4-6-18(19)25(22(26)29)9-8-20(27)28/h4-7,10-11H,8-9,12H2,1-3H3,(H,27,28). The van der Waals surface area contributed by atoms with Gasteiger partial charge in [-0.25, -0.2) is 4.79 Å². The van der Waals surface area contributed by atoms with E-state index in [1.165, 1.54) is 10.1 Å². The number of hydrogen-bond donors (Lipinski definition) is 1. The van der Waals surface area contributed by atoms with Gasteiger partial charge in [-0.15, -0.1) is 0 Å². The number of aryl methyl sites for hydroxylation is 3. The number of carboxylic acids is 1. The predicted octanol–water partition coefficient (Wildman–Crippen LogP) is 4.09. The first kappa shape index (κ1) is 19.3. The first-order valence-electron chi connectivity index (χ1n) is 9.43. The number of nitrogens with zero attached hydrogens (tertiary/aromatic N) is 3. The Morgan fingerprint density at radius 2 is 1.76 bits per heavy atom. The molecule has 1 N–H and O–H groups in total. The lowest BCUT2D eigenvalue weighted by Crippen LogP contribution is -2.25. The SMILES string of the molecule is Cc1c(C)n(C)c2c(Cn3c(=O)n(CCC(=O)O)c4ccccc43)cc(Cl)cc12. The van der Waals surface area contributed by atoms with Gasteiger partial charge in [0.2, 0.25) is 0 Å². The van der Waals surface area contributed by atoms with E-state index in [0.29, 0.717) is 11.6 Å². The summed E-state index contributed by atoms with van der Waals surface area (Å²) in [5, 5.41) is 10.8. The molecule has 0 atom stereocenters. The number of fused-ring (bicyclic) bond motifs is 2. The van der Waals surface area contributed by atoms with Gasteiger partial charge in [-0.3, -0.25) is 13.9 Å². The molecular formula is C22H22ClN3O3. The van der Waals surface area contributed by atoms with Crippen LogP contribution < -0.4 is 5.69 Å². The first-order chi connectivity index (χ1) is 13.8. The number of hydrogen-bond acceptors (Lipinski definition) is 2. The number of aromatic nitrogens is 3. The zero-order chi connectivity index (χ0) is 20.9. The van der Waals surface area contributed by atoms with E-state index in [1.807, 2.05) is 43.4 Å². The van der Waals surface area contributed by atoms with Crippen LogP contribution in [-0.4, -0.2) is 24.8 Å². The molecule has 0 spiro atoms. The molecule has 0 aliphatic heterocycles. The molecule has 150 valence electrons. The number of imidazole rings is 1. The third-order valence-corrected chi connectivity index (χ3v) is 5.96. The molecule has 0 saturated carbocycles. The monoisotopic (exact) mass is 411 g/mol. The van der Waals surface area contributed by atoms with Crippen LogP contribution in [0.3, 0.4) is 0 Å². The summed E-state index contributed by atoms with van der Waals surface area (Å²) >= 11 is 6.40. The van der Waals surface area contributed by atoms with Gasteiger partial charge in [-0.1, -0.05) is 23.7 Å². The molecule has 7 heteroatoms. The van der Waals surface area contributed by atoms with Crippen LogP contribution in [0.15, 0.2) is 41.2 Å². The molecule has 4 aromatic rings. The molecule has 0 amide bonds. The van der Waals surface area contributed by atoms with Crippen LogP contribution >= 0.6 is 11.6 Å². The molecule has 0 aliphatic carbocycles. The summed E-state index contributed by atoms with van der Waals surface area (Å²) in [5.41, 5.74) is 5.62. The van der Waals surface area contributed by atoms with Gasteiger partial charge in [0.25, 0.3) is 0 Å². The highest BCUT2D eigenvalue weighted by Crippen LogP contribution is 2.31. The second-order valence-electron chi connectivity index (χ2n) is 7.38. The second kappa shape index (κ2) is 7.12. The molecule has 29 heavy (non-hydrogen) atoms. The smallest absolute Gasteiger partial charge is 0.329 e. The van der Waals surface area contributed by atoms with E-state index in [4.69, 9.17) is 16.7 Å². The summed E-state index contributed by atoms with van der Waals surface area (Å²) in [6.07, 6.45) is -0.106. The van der Waals surface area contributed by atoms with Crippen molar-refractivity contribution in [1.82, 2.24) is 13.7 Å². The quantitative estimate of drug-likeness (QED) is 0.537. The third-order valence-electron chi connectivity index (χ3n) is 5.74. The van der Waals surface area contributed by atoms with Gasteiger partial charge in [0.05, 0.1) is 29.5 Å². The zero-order valence-corrected chi connectivity index (χ0v) is 17.3. The lowest BCUT2D eigenvalue weighted by molar-refractivity contribution is -0.137. The molecule has 0 bridgehead atoms. The number of benzene rings is 2. The van der Waals surface area contributed by atoms with Gasteiger partial charge in [0.1, 0.15) is 0 Å². The molecule has 6 nitrogen and oxygen atoms in total. The fourth-order valence-electron chi connectivity index (χ4n) is 4.09. The van der Waals surface area contributed by atoms with E-state index in [-0.39, 0.29) is 18.7 Å². The van der Waals surface area contributed by atoms with E-state index in [0.717, 1.165) is 33.2 Å². The minimum Gasteiger partial charge on any atom is -0.481 e. The van der Waals surface area contributed by atoms with Crippen molar-refractivity contribution >= 4 is 39.5 Å². The summed E-state index contributed by atoms with van der Waals surface area (Å²) in [6, 6.07) is 11.3. The largest absolute Gasteiger partial charge is 0.481 e. The van der Waals surface area contributed by atoms with Gasteiger partial charge in [-0.05, 0) is 49.2 Å². The Morgan fingerprint density at radius 3 is 2.41 bits per heavy atom. The number of halogens is 1. The average molecular weight is 412 g/mol. The highest BCUT2D eigenvalue weighted by molar-refractivity contribution is 6.31. The van der Waals surface area contributed by atoms with Crippen molar-refractivity contribution in [2.75, 3.05) is 0 Å². The van der Waals surface area contributed by atoms with Crippen LogP contribution in [-0.2, 0) is 24.9 Å². The number of rotatable bonds is 5. The van der Waals surface area contributed by atoms with Crippen molar-refractivity contribution in [3.8, 4) is 0 Å². The molecule has 0 aliphatic rings. The van der Waals surface area contributed by atoms with Crippen molar-refractivity contribution in [3.05, 3.63) is 68.7 Å². The number of carboxylic acid groups (broad SMARTS) is 1. The zero-order valence-electron chi connectivity index (χ0n) is 16.6. The van der Waals surface area contributed by atoms with Crippen molar-refractivity contribution < 1.29 is 9.90 Å². The van der Waals surface area contributed by atoms with Crippen LogP contribution in [0.2, 0.25) is 5.02 Å². The maximum Gasteiger partial charge on any atom is 0.329 e. The molecule has 4 rings (SSSR count). The minimum absolute atomic E-state index is 0.106. The van der Waals surface area contributed by atoms with Crippen molar-refractivity contribution in [2.45, 2.75) is 33.4 Å². The summed E-state index contributed by atoms with van der Waals surface area (Å²) < 4.78 is 5.36. The Balaban J connectivity index is 1.92. The summed E-state index contributed by atoms with van der Waals surface area (Å²) in [4.78, 5) is 24.2. The maximum absolute atomic E-state index is 13.2. The Morgan fingerprint density at radius 1 is 1.10 bits per heavy atom. The molecule has 0 radical (unpaired) electrons. The average Bonchev–Trinajstić information content (AvgIpc) is 3.07. The Kier molecular flexibility index (Phi) is 4.74. The molecule has 0 unspecified atom stereocenters. The van der Waals surface area contributed by atoms with Crippen LogP contribution in [0.5, 0.6) is 0 Å². The number of carbonyl (C=O) groups is 1. The van der Waals surface area contributed by atoms with Crippen molar-refractivity contribution in [2.24, 2.45) is 7.05 Å².